The van der Waals surface area contributed by atoms with E-state index in [0.29, 0.717) is 59.5 Å². The summed E-state index contributed by atoms with van der Waals surface area (Å²) in [6.07, 6.45) is 0. The molecule has 2 aromatic carbocycles. The normalized spacial score (nSPS) is 14.7. The van der Waals surface area contributed by atoms with E-state index in [-0.39, 0.29) is 17.3 Å². The van der Waals surface area contributed by atoms with Crippen LogP contribution < -0.4 is 5.56 Å². The summed E-state index contributed by atoms with van der Waals surface area (Å²) in [5, 5.41) is 4.67. The van der Waals surface area contributed by atoms with Crippen molar-refractivity contribution in [2.75, 3.05) is 26.2 Å². The molecule has 1 amide bonds. The summed E-state index contributed by atoms with van der Waals surface area (Å²) in [6, 6.07) is 17.1. The van der Waals surface area contributed by atoms with Crippen molar-refractivity contribution in [1.82, 2.24) is 24.4 Å². The van der Waals surface area contributed by atoms with Gasteiger partial charge < -0.3 is 4.90 Å². The van der Waals surface area contributed by atoms with E-state index in [2.05, 4.69) is 15.0 Å². The number of carbonyl (C=O) groups is 1. The van der Waals surface area contributed by atoms with E-state index in [9.17, 15) is 14.0 Å². The Morgan fingerprint density at radius 3 is 2.47 bits per heavy atom. The van der Waals surface area contributed by atoms with Crippen molar-refractivity contribution in [2.24, 2.45) is 0 Å². The molecule has 1 fully saturated rings. The van der Waals surface area contributed by atoms with E-state index in [0.717, 1.165) is 0 Å². The van der Waals surface area contributed by atoms with E-state index < -0.39 is 0 Å². The molecule has 3 heterocycles. The predicted molar refractivity (Wildman–Crippen MR) is 120 cm³/mol. The summed E-state index contributed by atoms with van der Waals surface area (Å²) in [5.41, 5.74) is 1.39. The van der Waals surface area contributed by atoms with Gasteiger partial charge in [0.1, 0.15) is 5.82 Å². The van der Waals surface area contributed by atoms with Crippen molar-refractivity contribution >= 4 is 22.2 Å². The standard InChI is InChI=1S/C23H20FN5O2S/c24-19-9-5-4-8-18(19)21-26-29-20(30)14-17(25-23(29)32-21)15-27-10-12-28(13-11-27)22(31)16-6-2-1-3-7-16/h1-9,14H,10-13,15H2. The molecule has 0 atom stereocenters. The molecule has 0 bridgehead atoms. The van der Waals surface area contributed by atoms with Gasteiger partial charge in [-0.1, -0.05) is 41.7 Å². The maximum atomic E-state index is 14.1. The largest absolute Gasteiger partial charge is 0.336 e. The van der Waals surface area contributed by atoms with E-state index in [1.807, 2.05) is 35.2 Å². The van der Waals surface area contributed by atoms with E-state index >= 15 is 0 Å². The van der Waals surface area contributed by atoms with Crippen molar-refractivity contribution in [1.29, 1.82) is 0 Å². The molecule has 0 spiro atoms. The summed E-state index contributed by atoms with van der Waals surface area (Å²) >= 11 is 1.19. The van der Waals surface area contributed by atoms with Crippen LogP contribution in [0.4, 0.5) is 4.39 Å². The first-order chi connectivity index (χ1) is 15.6. The Bertz CT molecular complexity index is 1330. The molecule has 5 rings (SSSR count). The SMILES string of the molecule is O=C(c1ccccc1)N1CCN(Cc2cc(=O)n3nc(-c4ccccc4F)sc3n2)CC1. The fourth-order valence-corrected chi connectivity index (χ4v) is 4.73. The van der Waals surface area contributed by atoms with Gasteiger partial charge in [-0.15, -0.1) is 0 Å². The quantitative estimate of drug-likeness (QED) is 0.479. The zero-order valence-electron chi connectivity index (χ0n) is 17.1. The molecule has 0 unspecified atom stereocenters. The molecule has 7 nitrogen and oxygen atoms in total. The Morgan fingerprint density at radius 1 is 1.00 bits per heavy atom. The average Bonchev–Trinajstić information content (AvgIpc) is 3.24. The minimum Gasteiger partial charge on any atom is -0.336 e. The van der Waals surface area contributed by atoms with Crippen molar-refractivity contribution in [3.63, 3.8) is 0 Å². The molecule has 0 saturated carbocycles. The molecule has 0 radical (unpaired) electrons. The van der Waals surface area contributed by atoms with Gasteiger partial charge in [-0.05, 0) is 24.3 Å². The lowest BCUT2D eigenvalue weighted by Gasteiger charge is -2.34. The van der Waals surface area contributed by atoms with Gasteiger partial charge in [0.2, 0.25) is 4.96 Å². The second-order valence-corrected chi connectivity index (χ2v) is 8.56. The van der Waals surface area contributed by atoms with Gasteiger partial charge >= 0.3 is 0 Å². The van der Waals surface area contributed by atoms with Crippen LogP contribution in [0.5, 0.6) is 0 Å². The fraction of sp³-hybridized carbons (Fsp3) is 0.217. The van der Waals surface area contributed by atoms with Crippen LogP contribution in [-0.2, 0) is 6.54 Å². The number of benzene rings is 2. The minimum atomic E-state index is -0.386. The summed E-state index contributed by atoms with van der Waals surface area (Å²) in [7, 11) is 0. The average molecular weight is 450 g/mol. The van der Waals surface area contributed by atoms with Crippen LogP contribution in [0.15, 0.2) is 65.5 Å². The van der Waals surface area contributed by atoms with Crippen LogP contribution in [0, 0.1) is 5.82 Å². The lowest BCUT2D eigenvalue weighted by molar-refractivity contribution is 0.0627. The maximum absolute atomic E-state index is 14.1. The van der Waals surface area contributed by atoms with Crippen molar-refractivity contribution in [2.45, 2.75) is 6.54 Å². The Kier molecular flexibility index (Phi) is 5.50. The zero-order chi connectivity index (χ0) is 22.1. The number of halogens is 1. The highest BCUT2D eigenvalue weighted by atomic mass is 32.1. The third-order valence-corrected chi connectivity index (χ3v) is 6.41. The number of rotatable bonds is 4. The van der Waals surface area contributed by atoms with E-state index in [4.69, 9.17) is 0 Å². The van der Waals surface area contributed by atoms with Gasteiger partial charge in [0.25, 0.3) is 11.5 Å². The minimum absolute atomic E-state index is 0.0355. The van der Waals surface area contributed by atoms with Gasteiger partial charge in [-0.25, -0.2) is 9.37 Å². The molecule has 162 valence electrons. The summed E-state index contributed by atoms with van der Waals surface area (Å²) in [6.45, 7) is 3.14. The molecular formula is C23H20FN5O2S. The second kappa shape index (κ2) is 8.60. The Hall–Kier alpha value is -3.43. The lowest BCUT2D eigenvalue weighted by Crippen LogP contribution is -2.48. The third-order valence-electron chi connectivity index (χ3n) is 5.47. The number of amides is 1. The number of aromatic nitrogens is 3. The molecule has 1 saturated heterocycles. The highest BCUT2D eigenvalue weighted by molar-refractivity contribution is 7.19. The highest BCUT2D eigenvalue weighted by Crippen LogP contribution is 2.26. The van der Waals surface area contributed by atoms with Gasteiger partial charge in [0.15, 0.2) is 5.01 Å². The fourth-order valence-electron chi connectivity index (χ4n) is 3.78. The maximum Gasteiger partial charge on any atom is 0.275 e. The first-order valence-electron chi connectivity index (χ1n) is 10.3. The topological polar surface area (TPSA) is 70.8 Å². The molecule has 1 aliphatic rings. The van der Waals surface area contributed by atoms with Crippen LogP contribution in [0.2, 0.25) is 0 Å². The highest BCUT2D eigenvalue weighted by Gasteiger charge is 2.23. The molecule has 4 aromatic rings. The number of piperazine rings is 1. The first-order valence-corrected chi connectivity index (χ1v) is 11.1. The third kappa shape index (κ3) is 4.04. The molecule has 2 aromatic heterocycles. The summed E-state index contributed by atoms with van der Waals surface area (Å²) in [4.78, 5) is 34.2. The van der Waals surface area contributed by atoms with Crippen molar-refractivity contribution in [3.05, 3.63) is 88.1 Å². The Morgan fingerprint density at radius 2 is 1.72 bits per heavy atom. The number of carbonyl (C=O) groups excluding carboxylic acids is 1. The predicted octanol–water partition coefficient (Wildman–Crippen LogP) is 2.92. The lowest BCUT2D eigenvalue weighted by atomic mass is 10.2. The van der Waals surface area contributed by atoms with E-state index in [1.165, 1.54) is 28.0 Å². The van der Waals surface area contributed by atoms with E-state index in [1.54, 1.807) is 18.2 Å². The molecule has 1 aliphatic heterocycles. The van der Waals surface area contributed by atoms with Crippen LogP contribution in [-0.4, -0.2) is 56.5 Å². The number of hydrogen-bond donors (Lipinski definition) is 0. The van der Waals surface area contributed by atoms with Gasteiger partial charge in [-0.2, -0.15) is 9.61 Å². The van der Waals surface area contributed by atoms with Crippen molar-refractivity contribution < 1.29 is 9.18 Å². The number of hydrogen-bond acceptors (Lipinski definition) is 6. The molecule has 32 heavy (non-hydrogen) atoms. The van der Waals surface area contributed by atoms with Gasteiger partial charge in [-0.3, -0.25) is 14.5 Å². The first kappa shape index (κ1) is 20.5. The van der Waals surface area contributed by atoms with Gasteiger partial charge in [0.05, 0.1) is 5.69 Å². The Balaban J connectivity index is 1.29. The summed E-state index contributed by atoms with van der Waals surface area (Å²) in [5.74, 6) is -0.351. The van der Waals surface area contributed by atoms with Crippen LogP contribution in [0.1, 0.15) is 16.1 Å². The van der Waals surface area contributed by atoms with Crippen LogP contribution in [0.25, 0.3) is 15.5 Å². The molecule has 0 N–H and O–H groups in total. The van der Waals surface area contributed by atoms with Crippen LogP contribution in [0.3, 0.4) is 0 Å². The number of fused-ring (bicyclic) bond motifs is 1. The molecular weight excluding hydrogens is 429 g/mol. The van der Waals surface area contributed by atoms with Crippen molar-refractivity contribution in [3.8, 4) is 10.6 Å². The van der Waals surface area contributed by atoms with Crippen LogP contribution >= 0.6 is 11.3 Å². The number of nitrogens with zero attached hydrogens (tertiary/aromatic N) is 5. The zero-order valence-corrected chi connectivity index (χ0v) is 18.0. The molecule has 9 heteroatoms. The monoisotopic (exact) mass is 449 g/mol. The van der Waals surface area contributed by atoms with Gasteiger partial charge in [0, 0.05) is 49.9 Å². The Labute approximate surface area is 187 Å². The smallest absolute Gasteiger partial charge is 0.275 e. The second-order valence-electron chi connectivity index (χ2n) is 7.60. The molecule has 0 aliphatic carbocycles. The summed E-state index contributed by atoms with van der Waals surface area (Å²) < 4.78 is 15.3.